The number of methoxy groups -OCH3 is 1. The van der Waals surface area contributed by atoms with E-state index in [-0.39, 0.29) is 23.0 Å². The quantitative estimate of drug-likeness (QED) is 0.395. The largest absolute Gasteiger partial charge is 0.504 e. The molecule has 0 aromatic heterocycles. The van der Waals surface area contributed by atoms with Crippen molar-refractivity contribution in [3.63, 3.8) is 0 Å². The van der Waals surface area contributed by atoms with Gasteiger partial charge in [0.15, 0.2) is 23.0 Å². The van der Waals surface area contributed by atoms with Crippen molar-refractivity contribution in [2.75, 3.05) is 7.11 Å². The summed E-state index contributed by atoms with van der Waals surface area (Å²) >= 11 is 0. The second-order valence-electron chi connectivity index (χ2n) is 5.80. The lowest BCUT2D eigenvalue weighted by atomic mass is 10.2. The average Bonchev–Trinajstić information content (AvgIpc) is 2.70. The molecule has 0 radical (unpaired) electrons. The second kappa shape index (κ2) is 8.13. The van der Waals surface area contributed by atoms with Crippen LogP contribution in [0.15, 0.2) is 64.6 Å². The Morgan fingerprint density at radius 2 is 1.32 bits per heavy atom. The Hall–Kier alpha value is -4.00. The predicted octanol–water partition coefficient (Wildman–Crippen LogP) is 4.02. The maximum atomic E-state index is 9.88. The molecule has 142 valence electrons. The van der Waals surface area contributed by atoms with Gasteiger partial charge >= 0.3 is 0 Å². The summed E-state index contributed by atoms with van der Waals surface area (Å²) in [6.45, 7) is 0. The molecule has 0 saturated heterocycles. The fourth-order valence-electron chi connectivity index (χ4n) is 2.45. The van der Waals surface area contributed by atoms with Crippen molar-refractivity contribution < 1.29 is 25.2 Å². The van der Waals surface area contributed by atoms with E-state index in [4.69, 9.17) is 4.74 Å². The van der Waals surface area contributed by atoms with Crippen molar-refractivity contribution in [2.45, 2.75) is 0 Å². The lowest BCUT2D eigenvalue weighted by molar-refractivity contribution is 0.403. The zero-order chi connectivity index (χ0) is 20.1. The minimum atomic E-state index is -0.265. The molecule has 0 aliphatic rings. The van der Waals surface area contributed by atoms with Crippen LogP contribution >= 0.6 is 0 Å². The van der Waals surface area contributed by atoms with Gasteiger partial charge in [0.25, 0.3) is 0 Å². The summed E-state index contributed by atoms with van der Waals surface area (Å²) < 4.78 is 5.29. The van der Waals surface area contributed by atoms with Crippen LogP contribution in [-0.2, 0) is 0 Å². The molecule has 0 spiro atoms. The van der Waals surface area contributed by atoms with E-state index in [1.165, 1.54) is 31.7 Å². The predicted molar refractivity (Wildman–Crippen MR) is 107 cm³/mol. The Morgan fingerprint density at radius 3 is 1.89 bits per heavy atom. The van der Waals surface area contributed by atoms with Gasteiger partial charge in [-0.05, 0) is 42.5 Å². The topological polar surface area (TPSA) is 115 Å². The summed E-state index contributed by atoms with van der Waals surface area (Å²) in [6, 6.07) is 14.2. The standard InChI is InChI=1S/C21H18N2O5/c1-28-19-9-8-15(22-11-13-4-2-6-17(24)20(13)26)10-16(19)23-12-14-5-3-7-18(25)21(14)27/h2-12,24-27H,1H3. The van der Waals surface area contributed by atoms with Gasteiger partial charge in [-0.25, -0.2) is 0 Å². The van der Waals surface area contributed by atoms with Gasteiger partial charge in [-0.2, -0.15) is 0 Å². The molecule has 3 rings (SSSR count). The molecule has 4 N–H and O–H groups in total. The normalized spacial score (nSPS) is 11.3. The number of benzene rings is 3. The number of hydrogen-bond acceptors (Lipinski definition) is 7. The first-order valence-electron chi connectivity index (χ1n) is 8.27. The maximum Gasteiger partial charge on any atom is 0.166 e. The number of phenolic OH excluding ortho intramolecular Hbond substituents is 4. The summed E-state index contributed by atoms with van der Waals surface area (Å²) in [5.74, 6) is -0.485. The fourth-order valence-corrected chi connectivity index (χ4v) is 2.45. The summed E-state index contributed by atoms with van der Waals surface area (Å²) in [7, 11) is 1.51. The molecular weight excluding hydrogens is 360 g/mol. The summed E-state index contributed by atoms with van der Waals surface area (Å²) in [5, 5.41) is 38.8. The van der Waals surface area contributed by atoms with E-state index in [1.54, 1.807) is 42.5 Å². The zero-order valence-electron chi connectivity index (χ0n) is 14.9. The van der Waals surface area contributed by atoms with E-state index >= 15 is 0 Å². The molecule has 28 heavy (non-hydrogen) atoms. The van der Waals surface area contributed by atoms with Crippen molar-refractivity contribution in [3.05, 3.63) is 65.7 Å². The Labute approximate surface area is 161 Å². The third-order valence-corrected chi connectivity index (χ3v) is 3.95. The SMILES string of the molecule is COc1ccc(N=Cc2cccc(O)c2O)cc1N=Cc1cccc(O)c1O. The smallest absolute Gasteiger partial charge is 0.166 e. The number of phenols is 4. The van der Waals surface area contributed by atoms with Gasteiger partial charge in [0.2, 0.25) is 0 Å². The fraction of sp³-hybridized carbons (Fsp3) is 0.0476. The van der Waals surface area contributed by atoms with Gasteiger partial charge < -0.3 is 25.2 Å². The monoisotopic (exact) mass is 378 g/mol. The number of aliphatic imine (C=N–C) groups is 2. The van der Waals surface area contributed by atoms with E-state index in [0.29, 0.717) is 28.3 Å². The van der Waals surface area contributed by atoms with Crippen LogP contribution in [0, 0.1) is 0 Å². The Bertz CT molecular complexity index is 1060. The van der Waals surface area contributed by atoms with Crippen molar-refractivity contribution in [3.8, 4) is 28.7 Å². The lowest BCUT2D eigenvalue weighted by Crippen LogP contribution is -1.86. The Kier molecular flexibility index (Phi) is 5.45. The van der Waals surface area contributed by atoms with Crippen LogP contribution in [0.2, 0.25) is 0 Å². The number of nitrogens with zero attached hydrogens (tertiary/aromatic N) is 2. The highest BCUT2D eigenvalue weighted by atomic mass is 16.5. The van der Waals surface area contributed by atoms with Crippen molar-refractivity contribution in [1.82, 2.24) is 0 Å². The van der Waals surface area contributed by atoms with Crippen LogP contribution in [0.25, 0.3) is 0 Å². The third kappa shape index (κ3) is 4.04. The molecule has 0 unspecified atom stereocenters. The molecule has 3 aromatic carbocycles. The molecule has 0 saturated carbocycles. The average molecular weight is 378 g/mol. The molecule has 0 amide bonds. The molecule has 7 nitrogen and oxygen atoms in total. The maximum absolute atomic E-state index is 9.88. The number of para-hydroxylation sites is 2. The van der Waals surface area contributed by atoms with Gasteiger partial charge in [-0.3, -0.25) is 9.98 Å². The van der Waals surface area contributed by atoms with Crippen LogP contribution in [-0.4, -0.2) is 40.0 Å². The van der Waals surface area contributed by atoms with E-state index in [1.807, 2.05) is 0 Å². The Balaban J connectivity index is 1.92. The highest BCUT2D eigenvalue weighted by molar-refractivity contribution is 5.88. The molecule has 0 heterocycles. The highest BCUT2D eigenvalue weighted by Crippen LogP contribution is 2.33. The van der Waals surface area contributed by atoms with Crippen molar-refractivity contribution in [1.29, 1.82) is 0 Å². The first-order chi connectivity index (χ1) is 13.5. The minimum Gasteiger partial charge on any atom is -0.504 e. The van der Waals surface area contributed by atoms with E-state index in [0.717, 1.165) is 0 Å². The van der Waals surface area contributed by atoms with Crippen LogP contribution in [0.5, 0.6) is 28.7 Å². The molecule has 3 aromatic rings. The molecule has 0 atom stereocenters. The lowest BCUT2D eigenvalue weighted by Gasteiger charge is -2.06. The molecular formula is C21H18N2O5. The first kappa shape index (κ1) is 18.8. The van der Waals surface area contributed by atoms with Crippen LogP contribution in [0.1, 0.15) is 11.1 Å². The second-order valence-corrected chi connectivity index (χ2v) is 5.80. The zero-order valence-corrected chi connectivity index (χ0v) is 14.9. The van der Waals surface area contributed by atoms with Gasteiger partial charge in [0, 0.05) is 23.6 Å². The number of ether oxygens (including phenoxy) is 1. The Morgan fingerprint density at radius 1 is 0.750 bits per heavy atom. The van der Waals surface area contributed by atoms with E-state index in [2.05, 4.69) is 9.98 Å². The van der Waals surface area contributed by atoms with Gasteiger partial charge in [-0.1, -0.05) is 12.1 Å². The van der Waals surface area contributed by atoms with Gasteiger partial charge in [0.05, 0.1) is 12.8 Å². The molecule has 0 aliphatic carbocycles. The summed E-state index contributed by atoms with van der Waals surface area (Å²) in [6.07, 6.45) is 2.83. The molecule has 7 heteroatoms. The minimum absolute atomic E-state index is 0.227. The number of hydrogen-bond donors (Lipinski definition) is 4. The van der Waals surface area contributed by atoms with E-state index in [9.17, 15) is 20.4 Å². The number of aromatic hydroxyl groups is 4. The third-order valence-electron chi connectivity index (χ3n) is 3.95. The van der Waals surface area contributed by atoms with E-state index < -0.39 is 0 Å². The first-order valence-corrected chi connectivity index (χ1v) is 8.27. The van der Waals surface area contributed by atoms with Gasteiger partial charge in [0.1, 0.15) is 11.4 Å². The molecule has 0 bridgehead atoms. The van der Waals surface area contributed by atoms with Crippen molar-refractivity contribution >= 4 is 23.8 Å². The van der Waals surface area contributed by atoms with Crippen molar-refractivity contribution in [2.24, 2.45) is 9.98 Å². The summed E-state index contributed by atoms with van der Waals surface area (Å²) in [4.78, 5) is 8.60. The molecule has 0 aliphatic heterocycles. The molecule has 0 fully saturated rings. The van der Waals surface area contributed by atoms with Crippen LogP contribution in [0.3, 0.4) is 0 Å². The summed E-state index contributed by atoms with van der Waals surface area (Å²) in [5.41, 5.74) is 1.71. The van der Waals surface area contributed by atoms with Gasteiger partial charge in [-0.15, -0.1) is 0 Å². The van der Waals surface area contributed by atoms with Crippen LogP contribution < -0.4 is 4.74 Å². The van der Waals surface area contributed by atoms with Crippen LogP contribution in [0.4, 0.5) is 11.4 Å². The highest BCUT2D eigenvalue weighted by Gasteiger charge is 2.07. The number of rotatable bonds is 5.